The van der Waals surface area contributed by atoms with E-state index in [1.165, 1.54) is 0 Å². The van der Waals surface area contributed by atoms with Crippen molar-refractivity contribution in [2.45, 2.75) is 13.5 Å². The lowest BCUT2D eigenvalue weighted by atomic mass is 10.3. The van der Waals surface area contributed by atoms with Gasteiger partial charge in [0.2, 0.25) is 0 Å². The fourth-order valence-electron chi connectivity index (χ4n) is 1.90. The number of ether oxygens (including phenoxy) is 2. The van der Waals surface area contributed by atoms with Gasteiger partial charge in [0.1, 0.15) is 18.1 Å². The van der Waals surface area contributed by atoms with Gasteiger partial charge in [0.15, 0.2) is 0 Å². The van der Waals surface area contributed by atoms with Crippen molar-refractivity contribution in [2.75, 3.05) is 19.8 Å². The van der Waals surface area contributed by atoms with Crippen LogP contribution < -0.4 is 20.1 Å². The Kier molecular flexibility index (Phi) is 6.71. The second kappa shape index (κ2) is 9.30. The molecule has 23 heavy (non-hydrogen) atoms. The van der Waals surface area contributed by atoms with Crippen molar-refractivity contribution in [3.8, 4) is 11.5 Å². The number of hydrogen-bond acceptors (Lipinski definition) is 4. The third-order valence-electron chi connectivity index (χ3n) is 2.95. The van der Waals surface area contributed by atoms with E-state index in [0.29, 0.717) is 32.1 Å². The minimum absolute atomic E-state index is 0.236. The summed E-state index contributed by atoms with van der Waals surface area (Å²) in [6.07, 6.45) is 3.41. The standard InChI is InChI=1S/C17H21N3O3/c1-2-22-15-6-3-7-16(11-15)23-10-9-19-17(21)20-13-14-5-4-8-18-12-14/h3-8,11-12H,2,9-10,13H2,1H3,(H2,19,20,21). The summed E-state index contributed by atoms with van der Waals surface area (Å²) in [7, 11) is 0. The second-order valence-electron chi connectivity index (χ2n) is 4.73. The number of hydrogen-bond donors (Lipinski definition) is 2. The second-order valence-corrected chi connectivity index (χ2v) is 4.73. The SMILES string of the molecule is CCOc1cccc(OCCNC(=O)NCc2cccnc2)c1. The molecule has 0 bridgehead atoms. The van der Waals surface area contributed by atoms with E-state index < -0.39 is 0 Å². The zero-order valence-corrected chi connectivity index (χ0v) is 13.1. The highest BCUT2D eigenvalue weighted by atomic mass is 16.5. The molecule has 0 aliphatic heterocycles. The van der Waals surface area contributed by atoms with Gasteiger partial charge in [0, 0.05) is 25.0 Å². The first kappa shape index (κ1) is 16.6. The molecule has 0 saturated carbocycles. The first-order valence-electron chi connectivity index (χ1n) is 7.54. The Hall–Kier alpha value is -2.76. The predicted molar refractivity (Wildman–Crippen MR) is 87.6 cm³/mol. The first-order valence-corrected chi connectivity index (χ1v) is 7.54. The Morgan fingerprint density at radius 3 is 2.70 bits per heavy atom. The van der Waals surface area contributed by atoms with Gasteiger partial charge in [-0.15, -0.1) is 0 Å². The minimum Gasteiger partial charge on any atom is -0.494 e. The van der Waals surface area contributed by atoms with Crippen molar-refractivity contribution in [3.05, 3.63) is 54.4 Å². The molecule has 0 atom stereocenters. The molecule has 122 valence electrons. The van der Waals surface area contributed by atoms with Crippen LogP contribution in [-0.4, -0.2) is 30.8 Å². The maximum Gasteiger partial charge on any atom is 0.315 e. The van der Waals surface area contributed by atoms with Gasteiger partial charge in [-0.05, 0) is 30.7 Å². The molecule has 1 aromatic heterocycles. The fourth-order valence-corrected chi connectivity index (χ4v) is 1.90. The molecule has 1 aromatic carbocycles. The lowest BCUT2D eigenvalue weighted by Gasteiger charge is -2.10. The smallest absolute Gasteiger partial charge is 0.315 e. The van der Waals surface area contributed by atoms with E-state index in [2.05, 4.69) is 15.6 Å². The van der Waals surface area contributed by atoms with Gasteiger partial charge in [0.05, 0.1) is 13.2 Å². The first-order chi connectivity index (χ1) is 11.3. The molecule has 2 amide bonds. The highest BCUT2D eigenvalue weighted by Crippen LogP contribution is 2.18. The summed E-state index contributed by atoms with van der Waals surface area (Å²) >= 11 is 0. The monoisotopic (exact) mass is 315 g/mol. The van der Waals surface area contributed by atoms with Crippen LogP contribution in [0.15, 0.2) is 48.8 Å². The summed E-state index contributed by atoms with van der Waals surface area (Å²) in [5.74, 6) is 1.49. The largest absolute Gasteiger partial charge is 0.494 e. The van der Waals surface area contributed by atoms with Crippen LogP contribution in [0.1, 0.15) is 12.5 Å². The number of nitrogens with zero attached hydrogens (tertiary/aromatic N) is 1. The molecule has 6 nitrogen and oxygen atoms in total. The predicted octanol–water partition coefficient (Wildman–Crippen LogP) is 2.36. The Balaban J connectivity index is 1.63. The van der Waals surface area contributed by atoms with Gasteiger partial charge in [0.25, 0.3) is 0 Å². The van der Waals surface area contributed by atoms with Gasteiger partial charge in [-0.25, -0.2) is 4.79 Å². The number of urea groups is 1. The molecule has 0 aliphatic rings. The summed E-state index contributed by atoms with van der Waals surface area (Å²) in [6.45, 7) is 3.79. The molecule has 6 heteroatoms. The van der Waals surface area contributed by atoms with Crippen LogP contribution >= 0.6 is 0 Å². The van der Waals surface area contributed by atoms with Crippen LogP contribution in [0, 0.1) is 0 Å². The minimum atomic E-state index is -0.236. The Morgan fingerprint density at radius 2 is 1.96 bits per heavy atom. The summed E-state index contributed by atoms with van der Waals surface area (Å²) < 4.78 is 11.0. The maximum absolute atomic E-state index is 11.6. The molecular formula is C17H21N3O3. The van der Waals surface area contributed by atoms with Gasteiger partial charge in [-0.3, -0.25) is 4.98 Å². The van der Waals surface area contributed by atoms with Crippen molar-refractivity contribution in [3.63, 3.8) is 0 Å². The van der Waals surface area contributed by atoms with E-state index in [1.54, 1.807) is 12.4 Å². The normalized spacial score (nSPS) is 9.96. The number of benzene rings is 1. The molecule has 0 saturated heterocycles. The molecular weight excluding hydrogens is 294 g/mol. The van der Waals surface area contributed by atoms with Crippen molar-refractivity contribution in [1.82, 2.24) is 15.6 Å². The van der Waals surface area contributed by atoms with Gasteiger partial charge >= 0.3 is 6.03 Å². The van der Waals surface area contributed by atoms with Crippen LogP contribution in [0.4, 0.5) is 4.79 Å². The number of carbonyl (C=O) groups excluding carboxylic acids is 1. The number of amides is 2. The van der Waals surface area contributed by atoms with E-state index in [-0.39, 0.29) is 6.03 Å². The molecule has 0 aliphatic carbocycles. The highest BCUT2D eigenvalue weighted by Gasteiger charge is 2.01. The highest BCUT2D eigenvalue weighted by molar-refractivity contribution is 5.73. The van der Waals surface area contributed by atoms with Crippen LogP contribution in [-0.2, 0) is 6.54 Å². The van der Waals surface area contributed by atoms with E-state index in [9.17, 15) is 4.79 Å². The average Bonchev–Trinajstić information content (AvgIpc) is 2.58. The molecule has 2 rings (SSSR count). The third-order valence-corrected chi connectivity index (χ3v) is 2.95. The van der Waals surface area contributed by atoms with Crippen LogP contribution in [0.3, 0.4) is 0 Å². The van der Waals surface area contributed by atoms with Gasteiger partial charge in [-0.1, -0.05) is 12.1 Å². The van der Waals surface area contributed by atoms with Crippen LogP contribution in [0.5, 0.6) is 11.5 Å². The Bertz CT molecular complexity index is 605. The van der Waals surface area contributed by atoms with Crippen LogP contribution in [0.25, 0.3) is 0 Å². The number of pyridine rings is 1. The molecule has 0 radical (unpaired) electrons. The maximum atomic E-state index is 11.6. The lowest BCUT2D eigenvalue weighted by Crippen LogP contribution is -2.37. The van der Waals surface area contributed by atoms with Crippen LogP contribution in [0.2, 0.25) is 0 Å². The van der Waals surface area contributed by atoms with Crippen molar-refractivity contribution in [1.29, 1.82) is 0 Å². The Labute approximate surface area is 135 Å². The summed E-state index contributed by atoms with van der Waals surface area (Å²) in [5.41, 5.74) is 0.951. The van der Waals surface area contributed by atoms with E-state index in [1.807, 2.05) is 43.3 Å². The average molecular weight is 315 g/mol. The molecule has 2 N–H and O–H groups in total. The van der Waals surface area contributed by atoms with E-state index in [0.717, 1.165) is 11.3 Å². The number of aromatic nitrogens is 1. The van der Waals surface area contributed by atoms with Gasteiger partial charge in [-0.2, -0.15) is 0 Å². The summed E-state index contributed by atoms with van der Waals surface area (Å²) in [6, 6.07) is 10.9. The molecule has 0 fully saturated rings. The van der Waals surface area contributed by atoms with Crippen molar-refractivity contribution < 1.29 is 14.3 Å². The Morgan fingerprint density at radius 1 is 1.13 bits per heavy atom. The van der Waals surface area contributed by atoms with Gasteiger partial charge < -0.3 is 20.1 Å². The lowest BCUT2D eigenvalue weighted by molar-refractivity contribution is 0.236. The van der Waals surface area contributed by atoms with Crippen molar-refractivity contribution in [2.24, 2.45) is 0 Å². The number of rotatable bonds is 8. The van der Waals surface area contributed by atoms with Crippen molar-refractivity contribution >= 4 is 6.03 Å². The van der Waals surface area contributed by atoms with E-state index >= 15 is 0 Å². The van der Waals surface area contributed by atoms with E-state index in [4.69, 9.17) is 9.47 Å². The summed E-state index contributed by atoms with van der Waals surface area (Å²) in [4.78, 5) is 15.6. The third kappa shape index (κ3) is 6.25. The molecule has 0 unspecified atom stereocenters. The number of nitrogens with one attached hydrogen (secondary N) is 2. The molecule has 2 aromatic rings. The molecule has 1 heterocycles. The zero-order valence-electron chi connectivity index (χ0n) is 13.1. The molecule has 0 spiro atoms. The number of carbonyl (C=O) groups is 1. The zero-order chi connectivity index (χ0) is 16.3. The summed E-state index contributed by atoms with van der Waals surface area (Å²) in [5, 5.41) is 5.49. The quantitative estimate of drug-likeness (QED) is 0.734. The topological polar surface area (TPSA) is 72.5 Å². The fraction of sp³-hybridized carbons (Fsp3) is 0.294.